The predicted molar refractivity (Wildman–Crippen MR) is 213 cm³/mol. The number of hydrogen-bond acceptors (Lipinski definition) is 3. The fourth-order valence-electron chi connectivity index (χ4n) is 9.34. The lowest BCUT2D eigenvalue weighted by Crippen LogP contribution is -2.32. The van der Waals surface area contributed by atoms with Gasteiger partial charge in [0.2, 0.25) is 0 Å². The maximum Gasteiger partial charge on any atom is 0.160 e. The Morgan fingerprint density at radius 3 is 1.62 bits per heavy atom. The molecule has 250 valence electrons. The van der Waals surface area contributed by atoms with E-state index in [1.54, 1.807) is 0 Å². The molecule has 11 rings (SSSR count). The van der Waals surface area contributed by atoms with Gasteiger partial charge in [-0.1, -0.05) is 159 Å². The molecule has 2 heterocycles. The highest BCUT2D eigenvalue weighted by molar-refractivity contribution is 5.89. The number of hydrogen-bond donors (Lipinski definition) is 0. The summed E-state index contributed by atoms with van der Waals surface area (Å²) in [6.45, 7) is 4.64. The van der Waals surface area contributed by atoms with Crippen LogP contribution >= 0.6 is 0 Å². The number of para-hydroxylation sites is 1. The first-order chi connectivity index (χ1) is 26.0. The molecule has 0 unspecified atom stereocenters. The van der Waals surface area contributed by atoms with Crippen LogP contribution in [0.15, 0.2) is 170 Å². The summed E-state index contributed by atoms with van der Waals surface area (Å²) in [7, 11) is 0. The van der Waals surface area contributed by atoms with E-state index in [0.717, 1.165) is 50.7 Å². The molecule has 0 N–H and O–H groups in total. The van der Waals surface area contributed by atoms with Crippen molar-refractivity contribution in [3.63, 3.8) is 0 Å². The van der Waals surface area contributed by atoms with Crippen LogP contribution in [-0.2, 0) is 10.8 Å². The molecule has 0 fully saturated rings. The van der Waals surface area contributed by atoms with Crippen LogP contribution in [0, 0.1) is 0 Å². The van der Waals surface area contributed by atoms with Crippen LogP contribution in [0.3, 0.4) is 0 Å². The Hall–Kier alpha value is -6.58. The van der Waals surface area contributed by atoms with E-state index in [9.17, 15) is 0 Å². The van der Waals surface area contributed by atoms with Gasteiger partial charge in [0.1, 0.15) is 11.5 Å². The molecular weight excluding hydrogens is 645 g/mol. The van der Waals surface area contributed by atoms with Crippen molar-refractivity contribution in [2.75, 3.05) is 0 Å². The highest BCUT2D eigenvalue weighted by Gasteiger charge is 2.51. The molecule has 7 aromatic carbocycles. The number of fused-ring (bicyclic) bond motifs is 12. The first kappa shape index (κ1) is 30.1. The largest absolute Gasteiger partial charge is 0.457 e. The number of nitrogens with zero attached hydrogens (tertiary/aromatic N) is 2. The van der Waals surface area contributed by atoms with Gasteiger partial charge in [-0.05, 0) is 68.8 Å². The van der Waals surface area contributed by atoms with Gasteiger partial charge >= 0.3 is 0 Å². The van der Waals surface area contributed by atoms with Gasteiger partial charge in [-0.15, -0.1) is 0 Å². The molecule has 1 aliphatic heterocycles. The Morgan fingerprint density at radius 1 is 0.377 bits per heavy atom. The van der Waals surface area contributed by atoms with E-state index in [-0.39, 0.29) is 5.41 Å². The molecule has 1 spiro atoms. The Balaban J connectivity index is 1.11. The Morgan fingerprint density at radius 2 is 0.906 bits per heavy atom. The molecule has 0 amide bonds. The first-order valence-corrected chi connectivity index (χ1v) is 18.3. The molecule has 3 nitrogen and oxygen atoms in total. The number of aromatic nitrogens is 2. The summed E-state index contributed by atoms with van der Waals surface area (Å²) in [4.78, 5) is 10.5. The topological polar surface area (TPSA) is 35.0 Å². The van der Waals surface area contributed by atoms with E-state index in [1.165, 1.54) is 44.5 Å². The monoisotopic (exact) mass is 678 g/mol. The van der Waals surface area contributed by atoms with E-state index < -0.39 is 5.41 Å². The molecule has 53 heavy (non-hydrogen) atoms. The number of rotatable bonds is 3. The van der Waals surface area contributed by atoms with Crippen molar-refractivity contribution in [1.29, 1.82) is 0 Å². The molecule has 0 saturated heterocycles. The van der Waals surface area contributed by atoms with E-state index in [4.69, 9.17) is 14.7 Å². The molecule has 2 aliphatic carbocycles. The molecule has 0 saturated carbocycles. The number of benzene rings is 7. The van der Waals surface area contributed by atoms with Crippen LogP contribution in [0.5, 0.6) is 11.5 Å². The highest BCUT2D eigenvalue weighted by Crippen LogP contribution is 2.62. The van der Waals surface area contributed by atoms with Crippen molar-refractivity contribution in [3.8, 4) is 67.7 Å². The zero-order valence-electron chi connectivity index (χ0n) is 29.5. The van der Waals surface area contributed by atoms with E-state index in [1.807, 2.05) is 6.07 Å². The lowest BCUT2D eigenvalue weighted by atomic mass is 9.66. The molecule has 3 aliphatic rings. The fraction of sp³-hybridized carbons (Fsp3) is 0.0800. The number of ether oxygens (including phenoxy) is 1. The molecule has 0 atom stereocenters. The van der Waals surface area contributed by atoms with E-state index in [2.05, 4.69) is 178 Å². The summed E-state index contributed by atoms with van der Waals surface area (Å²) in [6.07, 6.45) is 0. The van der Waals surface area contributed by atoms with Crippen molar-refractivity contribution in [3.05, 3.63) is 203 Å². The van der Waals surface area contributed by atoms with Gasteiger partial charge in [0.25, 0.3) is 0 Å². The molecule has 8 aromatic rings. The predicted octanol–water partition coefficient (Wildman–Crippen LogP) is 12.3. The van der Waals surface area contributed by atoms with Gasteiger partial charge in [-0.25, -0.2) is 9.97 Å². The van der Waals surface area contributed by atoms with Crippen LogP contribution < -0.4 is 4.74 Å². The Bertz CT molecular complexity index is 2750. The van der Waals surface area contributed by atoms with Crippen LogP contribution in [0.2, 0.25) is 0 Å². The average molecular weight is 679 g/mol. The summed E-state index contributed by atoms with van der Waals surface area (Å²) in [5.74, 6) is 2.35. The van der Waals surface area contributed by atoms with Gasteiger partial charge in [-0.3, -0.25) is 0 Å². The summed E-state index contributed by atoms with van der Waals surface area (Å²) >= 11 is 0. The first-order valence-electron chi connectivity index (χ1n) is 18.3. The lowest BCUT2D eigenvalue weighted by molar-refractivity contribution is 0.436. The maximum atomic E-state index is 6.83. The quantitative estimate of drug-likeness (QED) is 0.187. The van der Waals surface area contributed by atoms with Crippen molar-refractivity contribution in [2.45, 2.75) is 24.7 Å². The van der Waals surface area contributed by atoms with Gasteiger partial charge < -0.3 is 4.74 Å². The van der Waals surface area contributed by atoms with Crippen LogP contribution in [0.1, 0.15) is 47.2 Å². The van der Waals surface area contributed by atoms with Gasteiger partial charge in [0.15, 0.2) is 5.82 Å². The molecule has 1 aromatic heterocycles. The van der Waals surface area contributed by atoms with Crippen LogP contribution in [0.25, 0.3) is 56.2 Å². The second kappa shape index (κ2) is 11.0. The Kier molecular flexibility index (Phi) is 6.22. The summed E-state index contributed by atoms with van der Waals surface area (Å²) < 4.78 is 6.83. The summed E-state index contributed by atoms with van der Waals surface area (Å²) in [5.41, 5.74) is 16.8. The van der Waals surface area contributed by atoms with E-state index in [0.29, 0.717) is 5.82 Å². The minimum absolute atomic E-state index is 0.111. The van der Waals surface area contributed by atoms with E-state index >= 15 is 0 Å². The van der Waals surface area contributed by atoms with Gasteiger partial charge in [0.05, 0.1) is 16.8 Å². The Labute approximate surface area is 309 Å². The minimum Gasteiger partial charge on any atom is -0.457 e. The van der Waals surface area contributed by atoms with Gasteiger partial charge in [-0.2, -0.15) is 0 Å². The molecule has 0 radical (unpaired) electrons. The fourth-order valence-corrected chi connectivity index (χ4v) is 9.34. The van der Waals surface area contributed by atoms with Crippen molar-refractivity contribution < 1.29 is 4.74 Å². The van der Waals surface area contributed by atoms with Crippen LogP contribution in [-0.4, -0.2) is 9.97 Å². The van der Waals surface area contributed by atoms with Crippen molar-refractivity contribution >= 4 is 0 Å². The summed E-state index contributed by atoms with van der Waals surface area (Å²) in [6, 6.07) is 60.8. The molecule has 3 heteroatoms. The molecular formula is C50H34N2O. The molecule has 0 bridgehead atoms. The zero-order chi connectivity index (χ0) is 35.3. The van der Waals surface area contributed by atoms with Gasteiger partial charge in [0, 0.05) is 33.2 Å². The maximum absolute atomic E-state index is 6.83. The normalized spacial score (nSPS) is 14.7. The third kappa shape index (κ3) is 4.16. The highest BCUT2D eigenvalue weighted by atomic mass is 16.5. The lowest BCUT2D eigenvalue weighted by Gasteiger charge is -2.39. The van der Waals surface area contributed by atoms with Crippen LogP contribution in [0.4, 0.5) is 0 Å². The summed E-state index contributed by atoms with van der Waals surface area (Å²) in [5, 5.41) is 0. The van der Waals surface area contributed by atoms with Crippen molar-refractivity contribution in [1.82, 2.24) is 9.97 Å². The van der Waals surface area contributed by atoms with Crippen molar-refractivity contribution in [2.24, 2.45) is 0 Å². The average Bonchev–Trinajstić information content (AvgIpc) is 3.63. The SMILES string of the molecule is CC1(C)c2ccccc2-c2ccc(-c3cc(-c4ccccc4)nc(-c4ccc5c(c4)Oc4ccccc4C54c5ccccc5-c5ccccc54)n3)cc21. The third-order valence-electron chi connectivity index (χ3n) is 11.8. The third-order valence-corrected chi connectivity index (χ3v) is 11.8. The minimum atomic E-state index is -0.511. The second-order valence-electron chi connectivity index (χ2n) is 14.9. The standard InChI is InChI=1S/C50H34N2O/c1-49(2)38-19-9-6-16-34(38)37-26-24-32(28-43(37)49)45-30-44(31-14-4-3-5-15-31)51-48(52-45)33-25-27-42-47(29-33)53-46-23-13-12-22-41(46)50(42)39-20-10-7-17-35(39)36-18-8-11-21-40(36)50/h3-30H,1-2H3. The second-order valence-corrected chi connectivity index (χ2v) is 14.9. The zero-order valence-corrected chi connectivity index (χ0v) is 29.5. The smallest absolute Gasteiger partial charge is 0.160 e.